The third-order valence-corrected chi connectivity index (χ3v) is 4.97. The van der Waals surface area contributed by atoms with E-state index in [1.54, 1.807) is 24.4 Å². The lowest BCUT2D eigenvalue weighted by molar-refractivity contribution is 0.0703. The average molecular weight is 362 g/mol. The van der Waals surface area contributed by atoms with Crippen LogP contribution in [0.1, 0.15) is 40.6 Å². The molecule has 138 valence electrons. The topological polar surface area (TPSA) is 71.2 Å². The van der Waals surface area contributed by atoms with Gasteiger partial charge in [0.1, 0.15) is 11.6 Å². The fraction of sp³-hybridized carbons (Fsp3) is 0.286. The van der Waals surface area contributed by atoms with E-state index in [2.05, 4.69) is 14.5 Å². The number of aromatic nitrogens is 3. The molecule has 1 amide bonds. The molecule has 6 nitrogen and oxygen atoms in total. The highest BCUT2D eigenvalue weighted by molar-refractivity contribution is 5.94. The maximum absolute atomic E-state index is 12.8. The minimum atomic E-state index is -0.0431. The number of hydrogen-bond donors (Lipinski definition) is 1. The lowest BCUT2D eigenvalue weighted by atomic mass is 9.96. The summed E-state index contributed by atoms with van der Waals surface area (Å²) in [6.07, 6.45) is 7.52. The van der Waals surface area contributed by atoms with Crippen LogP contribution in [0.25, 0.3) is 0 Å². The van der Waals surface area contributed by atoms with Crippen molar-refractivity contribution in [2.75, 3.05) is 13.1 Å². The minimum Gasteiger partial charge on any atom is -0.508 e. The van der Waals surface area contributed by atoms with Crippen LogP contribution in [-0.4, -0.2) is 43.5 Å². The van der Waals surface area contributed by atoms with Crippen LogP contribution >= 0.6 is 0 Å². The van der Waals surface area contributed by atoms with Crippen molar-refractivity contribution < 1.29 is 9.90 Å². The molecule has 1 aliphatic rings. The molecule has 1 fully saturated rings. The quantitative estimate of drug-likeness (QED) is 0.774. The van der Waals surface area contributed by atoms with Crippen LogP contribution in [0.4, 0.5) is 0 Å². The molecule has 1 aliphatic heterocycles. The normalized spacial score (nSPS) is 17.0. The minimum absolute atomic E-state index is 0.0431. The first kappa shape index (κ1) is 17.3. The van der Waals surface area contributed by atoms with Gasteiger partial charge in [0.2, 0.25) is 0 Å². The molecule has 0 saturated carbocycles. The second-order valence-electron chi connectivity index (χ2n) is 6.88. The van der Waals surface area contributed by atoms with E-state index in [1.165, 1.54) is 6.07 Å². The number of phenols is 1. The Bertz CT molecular complexity index is 923. The molecular weight excluding hydrogens is 340 g/mol. The molecule has 2 aromatic heterocycles. The van der Waals surface area contributed by atoms with Gasteiger partial charge in [-0.2, -0.15) is 0 Å². The predicted octanol–water partition coefficient (Wildman–Crippen LogP) is 3.05. The molecule has 0 bridgehead atoms. The van der Waals surface area contributed by atoms with Crippen LogP contribution < -0.4 is 0 Å². The standard InChI is InChI=1S/C21H22N4O2/c26-19-8-3-5-16(13-19)21(27)25-11-4-6-17(14-25)20-23-10-12-24(20)15-18-7-1-2-9-22-18/h1-3,5,7-10,12-13,17,26H,4,6,11,14-15H2/t17-/m0/s1. The van der Waals surface area contributed by atoms with Crippen molar-refractivity contribution in [3.8, 4) is 5.75 Å². The van der Waals surface area contributed by atoms with Crippen LogP contribution in [0.5, 0.6) is 5.75 Å². The Morgan fingerprint density at radius 1 is 1.15 bits per heavy atom. The highest BCUT2D eigenvalue weighted by Crippen LogP contribution is 2.27. The van der Waals surface area contributed by atoms with Crippen LogP contribution in [0.3, 0.4) is 0 Å². The molecule has 1 atom stereocenters. The summed E-state index contributed by atoms with van der Waals surface area (Å²) < 4.78 is 2.12. The third kappa shape index (κ3) is 3.84. The van der Waals surface area contributed by atoms with Gasteiger partial charge in [-0.15, -0.1) is 0 Å². The molecule has 3 heterocycles. The number of benzene rings is 1. The van der Waals surface area contributed by atoms with E-state index < -0.39 is 0 Å². The maximum atomic E-state index is 12.8. The largest absolute Gasteiger partial charge is 0.508 e. The van der Waals surface area contributed by atoms with Gasteiger partial charge < -0.3 is 14.6 Å². The van der Waals surface area contributed by atoms with E-state index in [0.29, 0.717) is 18.7 Å². The number of amides is 1. The summed E-state index contributed by atoms with van der Waals surface area (Å²) in [7, 11) is 0. The number of carbonyl (C=O) groups excluding carboxylic acids is 1. The zero-order valence-corrected chi connectivity index (χ0v) is 15.0. The number of aromatic hydroxyl groups is 1. The lowest BCUT2D eigenvalue weighted by Crippen LogP contribution is -2.39. The summed E-state index contributed by atoms with van der Waals surface area (Å²) in [6, 6.07) is 12.4. The summed E-state index contributed by atoms with van der Waals surface area (Å²) in [6.45, 7) is 2.03. The van der Waals surface area contributed by atoms with Crippen molar-refractivity contribution in [3.05, 3.63) is 78.1 Å². The molecule has 27 heavy (non-hydrogen) atoms. The van der Waals surface area contributed by atoms with Gasteiger partial charge in [-0.25, -0.2) is 4.98 Å². The van der Waals surface area contributed by atoms with E-state index >= 15 is 0 Å². The number of carbonyl (C=O) groups is 1. The molecular formula is C21H22N4O2. The van der Waals surface area contributed by atoms with Gasteiger partial charge in [-0.1, -0.05) is 12.1 Å². The second kappa shape index (κ2) is 7.61. The fourth-order valence-corrected chi connectivity index (χ4v) is 3.67. The summed E-state index contributed by atoms with van der Waals surface area (Å²) in [5.41, 5.74) is 1.51. The average Bonchev–Trinajstić information content (AvgIpc) is 3.16. The van der Waals surface area contributed by atoms with Crippen molar-refractivity contribution in [3.63, 3.8) is 0 Å². The Hall–Kier alpha value is -3.15. The van der Waals surface area contributed by atoms with E-state index in [1.807, 2.05) is 35.5 Å². The van der Waals surface area contributed by atoms with Crippen LogP contribution in [0.15, 0.2) is 61.1 Å². The number of phenolic OH excluding ortho intramolecular Hbond substituents is 1. The van der Waals surface area contributed by atoms with Gasteiger partial charge in [0.15, 0.2) is 0 Å². The van der Waals surface area contributed by atoms with Crippen LogP contribution in [0, 0.1) is 0 Å². The highest BCUT2D eigenvalue weighted by Gasteiger charge is 2.28. The first-order valence-electron chi connectivity index (χ1n) is 9.20. The molecule has 0 aliphatic carbocycles. The van der Waals surface area contributed by atoms with E-state index in [-0.39, 0.29) is 17.6 Å². The van der Waals surface area contributed by atoms with Gasteiger partial charge in [0, 0.05) is 43.2 Å². The number of rotatable bonds is 4. The molecule has 3 aromatic rings. The van der Waals surface area contributed by atoms with Gasteiger partial charge in [0.25, 0.3) is 5.91 Å². The summed E-state index contributed by atoms with van der Waals surface area (Å²) in [5, 5.41) is 9.65. The van der Waals surface area contributed by atoms with Crippen molar-refractivity contribution in [2.45, 2.75) is 25.3 Å². The van der Waals surface area contributed by atoms with Crippen molar-refractivity contribution in [1.29, 1.82) is 0 Å². The predicted molar refractivity (Wildman–Crippen MR) is 102 cm³/mol. The van der Waals surface area contributed by atoms with Gasteiger partial charge >= 0.3 is 0 Å². The SMILES string of the molecule is O=C(c1cccc(O)c1)N1CCC[C@H](c2nccn2Cc2ccccn2)C1. The molecule has 0 unspecified atom stereocenters. The number of hydrogen-bond acceptors (Lipinski definition) is 4. The van der Waals surface area contributed by atoms with Gasteiger partial charge in [0.05, 0.1) is 12.2 Å². The molecule has 0 spiro atoms. The summed E-state index contributed by atoms with van der Waals surface area (Å²) in [5.74, 6) is 1.26. The van der Waals surface area contributed by atoms with Crippen molar-refractivity contribution in [2.24, 2.45) is 0 Å². The van der Waals surface area contributed by atoms with Gasteiger partial charge in [-0.3, -0.25) is 9.78 Å². The molecule has 6 heteroatoms. The smallest absolute Gasteiger partial charge is 0.254 e. The van der Waals surface area contributed by atoms with E-state index in [9.17, 15) is 9.90 Å². The maximum Gasteiger partial charge on any atom is 0.254 e. The summed E-state index contributed by atoms with van der Waals surface area (Å²) in [4.78, 5) is 23.7. The first-order chi connectivity index (χ1) is 13.2. The highest BCUT2D eigenvalue weighted by atomic mass is 16.3. The summed E-state index contributed by atoms with van der Waals surface area (Å²) >= 11 is 0. The van der Waals surface area contributed by atoms with Crippen molar-refractivity contribution in [1.82, 2.24) is 19.4 Å². The molecule has 0 radical (unpaired) electrons. The van der Waals surface area contributed by atoms with E-state index in [0.717, 1.165) is 30.9 Å². The van der Waals surface area contributed by atoms with Crippen LogP contribution in [0.2, 0.25) is 0 Å². The Balaban J connectivity index is 1.51. The van der Waals surface area contributed by atoms with Crippen LogP contribution in [-0.2, 0) is 6.54 Å². The second-order valence-corrected chi connectivity index (χ2v) is 6.88. The Morgan fingerprint density at radius 2 is 2.07 bits per heavy atom. The lowest BCUT2D eigenvalue weighted by Gasteiger charge is -2.32. The zero-order chi connectivity index (χ0) is 18.6. The third-order valence-electron chi connectivity index (χ3n) is 4.97. The van der Waals surface area contributed by atoms with Gasteiger partial charge in [-0.05, 0) is 43.2 Å². The Labute approximate surface area is 158 Å². The number of piperidine rings is 1. The van der Waals surface area contributed by atoms with E-state index in [4.69, 9.17) is 0 Å². The monoisotopic (exact) mass is 362 g/mol. The molecule has 1 N–H and O–H groups in total. The molecule has 1 aromatic carbocycles. The number of likely N-dealkylation sites (tertiary alicyclic amines) is 1. The zero-order valence-electron chi connectivity index (χ0n) is 15.0. The number of nitrogens with zero attached hydrogens (tertiary/aromatic N) is 4. The molecule has 4 rings (SSSR count). The number of imidazole rings is 1. The van der Waals surface area contributed by atoms with Crippen molar-refractivity contribution >= 4 is 5.91 Å². The molecule has 1 saturated heterocycles. The number of pyridine rings is 1. The Kier molecular flexibility index (Phi) is 4.87. The fourth-order valence-electron chi connectivity index (χ4n) is 3.67. The Morgan fingerprint density at radius 3 is 2.89 bits per heavy atom. The first-order valence-corrected chi connectivity index (χ1v) is 9.20.